The molecule has 1 aromatic heterocycles. The third-order valence-corrected chi connectivity index (χ3v) is 5.66. The van der Waals surface area contributed by atoms with Gasteiger partial charge >= 0.3 is 0 Å². The number of methoxy groups -OCH3 is 1. The lowest BCUT2D eigenvalue weighted by molar-refractivity contribution is 0.0946. The number of nitrogens with zero attached hydrogens (tertiary/aromatic N) is 2. The number of aryl methyl sites for hydroxylation is 3. The van der Waals surface area contributed by atoms with Crippen molar-refractivity contribution in [2.24, 2.45) is 0 Å². The van der Waals surface area contributed by atoms with Gasteiger partial charge in [-0.1, -0.05) is 53.6 Å². The fourth-order valence-electron chi connectivity index (χ4n) is 4.00. The molecule has 4 rings (SSSR count). The van der Waals surface area contributed by atoms with E-state index in [4.69, 9.17) is 4.74 Å². The molecule has 0 atom stereocenters. The van der Waals surface area contributed by atoms with Crippen molar-refractivity contribution in [3.05, 3.63) is 102 Å². The molecule has 0 unspecified atom stereocenters. The molecule has 1 N–H and O–H groups in total. The van der Waals surface area contributed by atoms with Crippen LogP contribution in [0.25, 0.3) is 16.8 Å². The number of carbonyl (C=O) groups is 1. The second-order valence-electron chi connectivity index (χ2n) is 8.28. The Bertz CT molecular complexity index is 1200. The summed E-state index contributed by atoms with van der Waals surface area (Å²) < 4.78 is 7.01. The number of carbonyl (C=O) groups excluding carboxylic acids is 1. The Kier molecular flexibility index (Phi) is 6.89. The summed E-state index contributed by atoms with van der Waals surface area (Å²) in [6, 6.07) is 22.8. The fourth-order valence-corrected chi connectivity index (χ4v) is 4.00. The first-order valence-electron chi connectivity index (χ1n) is 11.2. The van der Waals surface area contributed by atoms with Crippen LogP contribution in [-0.4, -0.2) is 29.1 Å². The maximum absolute atomic E-state index is 12.8. The molecule has 3 aromatic carbocycles. The van der Waals surface area contributed by atoms with E-state index in [2.05, 4.69) is 66.6 Å². The molecule has 1 amide bonds. The minimum absolute atomic E-state index is 0.124. The lowest BCUT2D eigenvalue weighted by Gasteiger charge is -2.11. The lowest BCUT2D eigenvalue weighted by atomic mass is 10.0. The molecule has 4 aromatic rings. The van der Waals surface area contributed by atoms with E-state index in [1.165, 1.54) is 22.3 Å². The smallest absolute Gasteiger partial charge is 0.269 e. The van der Waals surface area contributed by atoms with E-state index in [1.54, 1.807) is 19.6 Å². The van der Waals surface area contributed by atoms with Crippen molar-refractivity contribution in [3.63, 3.8) is 0 Å². The standard InChI is InChI=1S/C28H29N3O2/c1-20-15-21(2)17-24(16-20)23-8-10-25(11-9-23)31-19-29-18-27(31)28(32)30-14-4-5-22-6-12-26(33-3)13-7-22/h6-13,15-19H,4-5,14H2,1-3H3,(H,30,32). The van der Waals surface area contributed by atoms with E-state index in [1.807, 2.05) is 28.8 Å². The number of aromatic nitrogens is 2. The van der Waals surface area contributed by atoms with Crippen molar-refractivity contribution in [1.29, 1.82) is 0 Å². The molecule has 0 aliphatic carbocycles. The summed E-state index contributed by atoms with van der Waals surface area (Å²) in [6.07, 6.45) is 5.04. The Hall–Kier alpha value is -3.86. The van der Waals surface area contributed by atoms with Crippen LogP contribution in [0.4, 0.5) is 0 Å². The lowest BCUT2D eigenvalue weighted by Crippen LogP contribution is -2.26. The quantitative estimate of drug-likeness (QED) is 0.368. The summed E-state index contributed by atoms with van der Waals surface area (Å²) >= 11 is 0. The third-order valence-electron chi connectivity index (χ3n) is 5.66. The van der Waals surface area contributed by atoms with E-state index >= 15 is 0 Å². The Labute approximate surface area is 195 Å². The van der Waals surface area contributed by atoms with Crippen molar-refractivity contribution >= 4 is 5.91 Å². The SMILES string of the molecule is COc1ccc(CCCNC(=O)c2cncn2-c2ccc(-c3cc(C)cc(C)c3)cc2)cc1. The van der Waals surface area contributed by atoms with Gasteiger partial charge in [-0.05, 0) is 67.6 Å². The zero-order chi connectivity index (χ0) is 23.2. The Morgan fingerprint density at radius 2 is 1.64 bits per heavy atom. The third kappa shape index (κ3) is 5.50. The molecule has 1 heterocycles. The van der Waals surface area contributed by atoms with Gasteiger partial charge in [0.15, 0.2) is 0 Å². The largest absolute Gasteiger partial charge is 0.497 e. The average molecular weight is 440 g/mol. The minimum Gasteiger partial charge on any atom is -0.497 e. The van der Waals surface area contributed by atoms with E-state index in [9.17, 15) is 4.79 Å². The van der Waals surface area contributed by atoms with Crippen LogP contribution in [0.3, 0.4) is 0 Å². The topological polar surface area (TPSA) is 56.1 Å². The Morgan fingerprint density at radius 3 is 2.30 bits per heavy atom. The predicted molar refractivity (Wildman–Crippen MR) is 132 cm³/mol. The first kappa shape index (κ1) is 22.3. The molecule has 168 valence electrons. The molecule has 5 nitrogen and oxygen atoms in total. The second kappa shape index (κ2) is 10.2. The number of benzene rings is 3. The first-order valence-corrected chi connectivity index (χ1v) is 11.2. The highest BCUT2D eigenvalue weighted by atomic mass is 16.5. The first-order chi connectivity index (χ1) is 16.0. The molecule has 0 aliphatic heterocycles. The monoisotopic (exact) mass is 439 g/mol. The van der Waals surface area contributed by atoms with E-state index in [0.29, 0.717) is 12.2 Å². The number of amides is 1. The number of imidazole rings is 1. The van der Waals surface area contributed by atoms with Gasteiger partial charge < -0.3 is 10.1 Å². The number of rotatable bonds is 8. The maximum atomic E-state index is 12.8. The van der Waals surface area contributed by atoms with E-state index in [0.717, 1.165) is 29.8 Å². The Morgan fingerprint density at radius 1 is 0.939 bits per heavy atom. The van der Waals surface area contributed by atoms with Crippen LogP contribution in [0, 0.1) is 13.8 Å². The molecule has 33 heavy (non-hydrogen) atoms. The Balaban J connectivity index is 1.38. The zero-order valence-corrected chi connectivity index (χ0v) is 19.3. The highest BCUT2D eigenvalue weighted by Crippen LogP contribution is 2.24. The van der Waals surface area contributed by atoms with Crippen molar-refractivity contribution in [2.75, 3.05) is 13.7 Å². The van der Waals surface area contributed by atoms with Crippen LogP contribution in [0.2, 0.25) is 0 Å². The summed E-state index contributed by atoms with van der Waals surface area (Å²) in [5, 5.41) is 3.01. The van der Waals surface area contributed by atoms with E-state index in [-0.39, 0.29) is 5.91 Å². The van der Waals surface area contributed by atoms with Crippen molar-refractivity contribution in [2.45, 2.75) is 26.7 Å². The zero-order valence-electron chi connectivity index (χ0n) is 19.3. The van der Waals surface area contributed by atoms with Crippen molar-refractivity contribution in [3.8, 4) is 22.6 Å². The van der Waals surface area contributed by atoms with Gasteiger partial charge in [0.05, 0.1) is 19.6 Å². The number of hydrogen-bond acceptors (Lipinski definition) is 3. The van der Waals surface area contributed by atoms with Crippen LogP contribution in [-0.2, 0) is 6.42 Å². The molecular weight excluding hydrogens is 410 g/mol. The van der Waals surface area contributed by atoms with Crippen LogP contribution in [0.5, 0.6) is 5.75 Å². The molecular formula is C28H29N3O2. The van der Waals surface area contributed by atoms with Gasteiger partial charge in [-0.3, -0.25) is 9.36 Å². The summed E-state index contributed by atoms with van der Waals surface area (Å²) in [5.41, 5.74) is 7.49. The molecule has 0 aliphatic rings. The van der Waals surface area contributed by atoms with Crippen molar-refractivity contribution in [1.82, 2.24) is 14.9 Å². The van der Waals surface area contributed by atoms with Crippen LogP contribution in [0.15, 0.2) is 79.3 Å². The van der Waals surface area contributed by atoms with Gasteiger partial charge in [0.1, 0.15) is 11.4 Å². The van der Waals surface area contributed by atoms with Crippen molar-refractivity contribution < 1.29 is 9.53 Å². The fraction of sp³-hybridized carbons (Fsp3) is 0.214. The molecule has 0 fully saturated rings. The number of hydrogen-bond donors (Lipinski definition) is 1. The number of ether oxygens (including phenoxy) is 1. The maximum Gasteiger partial charge on any atom is 0.269 e. The van der Waals surface area contributed by atoms with Crippen LogP contribution in [0.1, 0.15) is 33.6 Å². The van der Waals surface area contributed by atoms with Crippen LogP contribution >= 0.6 is 0 Å². The molecule has 0 spiro atoms. The van der Waals surface area contributed by atoms with Gasteiger partial charge in [0, 0.05) is 12.2 Å². The molecule has 0 radical (unpaired) electrons. The highest BCUT2D eigenvalue weighted by Gasteiger charge is 2.13. The van der Waals surface area contributed by atoms with E-state index < -0.39 is 0 Å². The average Bonchev–Trinajstić information content (AvgIpc) is 3.32. The van der Waals surface area contributed by atoms with Gasteiger partial charge in [0.2, 0.25) is 0 Å². The van der Waals surface area contributed by atoms with Gasteiger partial charge in [-0.15, -0.1) is 0 Å². The molecule has 5 heteroatoms. The summed E-state index contributed by atoms with van der Waals surface area (Å²) in [7, 11) is 1.66. The minimum atomic E-state index is -0.124. The summed E-state index contributed by atoms with van der Waals surface area (Å²) in [6.45, 7) is 4.82. The number of nitrogens with one attached hydrogen (secondary N) is 1. The second-order valence-corrected chi connectivity index (χ2v) is 8.28. The highest BCUT2D eigenvalue weighted by molar-refractivity contribution is 5.93. The molecule has 0 bridgehead atoms. The van der Waals surface area contributed by atoms with Gasteiger partial charge in [0.25, 0.3) is 5.91 Å². The van der Waals surface area contributed by atoms with Crippen LogP contribution < -0.4 is 10.1 Å². The summed E-state index contributed by atoms with van der Waals surface area (Å²) in [5.74, 6) is 0.725. The van der Waals surface area contributed by atoms with Gasteiger partial charge in [-0.2, -0.15) is 0 Å². The van der Waals surface area contributed by atoms with Gasteiger partial charge in [-0.25, -0.2) is 4.98 Å². The normalized spacial score (nSPS) is 10.8. The molecule has 0 saturated carbocycles. The molecule has 0 saturated heterocycles. The summed E-state index contributed by atoms with van der Waals surface area (Å²) in [4.78, 5) is 17.0. The predicted octanol–water partition coefficient (Wildman–Crippen LogP) is 5.53.